The number of thioether (sulfide) groups is 1. The van der Waals surface area contributed by atoms with Gasteiger partial charge in [0, 0.05) is 24.3 Å². The number of rotatable bonds is 3. The molecule has 1 atom stereocenters. The van der Waals surface area contributed by atoms with E-state index in [9.17, 15) is 9.59 Å². The van der Waals surface area contributed by atoms with Crippen LogP contribution in [-0.4, -0.2) is 46.5 Å². The molecule has 0 bridgehead atoms. The zero-order valence-electron chi connectivity index (χ0n) is 11.4. The Balaban J connectivity index is 1.87. The molecule has 1 unspecified atom stereocenters. The van der Waals surface area contributed by atoms with Crippen LogP contribution in [0.3, 0.4) is 0 Å². The van der Waals surface area contributed by atoms with Gasteiger partial charge in [-0.1, -0.05) is 6.92 Å². The van der Waals surface area contributed by atoms with Crippen LogP contribution < -0.4 is 11.1 Å². The lowest BCUT2D eigenvalue weighted by Gasteiger charge is -2.29. The summed E-state index contributed by atoms with van der Waals surface area (Å²) in [5, 5.41) is 3.09. The Morgan fingerprint density at radius 3 is 2.63 bits per heavy atom. The third kappa shape index (κ3) is 3.63. The predicted octanol–water partition coefficient (Wildman–Crippen LogP) is 0.684. The van der Waals surface area contributed by atoms with E-state index in [1.54, 1.807) is 16.7 Å². The highest BCUT2D eigenvalue weighted by molar-refractivity contribution is 7.99. The lowest BCUT2D eigenvalue weighted by Crippen LogP contribution is -2.51. The molecule has 1 aliphatic heterocycles. The van der Waals surface area contributed by atoms with Crippen LogP contribution in [0.15, 0.2) is 0 Å². The van der Waals surface area contributed by atoms with Crippen molar-refractivity contribution < 1.29 is 9.59 Å². The summed E-state index contributed by atoms with van der Waals surface area (Å²) in [4.78, 5) is 25.8. The van der Waals surface area contributed by atoms with E-state index in [4.69, 9.17) is 5.73 Å². The molecule has 0 aromatic carbocycles. The summed E-state index contributed by atoms with van der Waals surface area (Å²) in [6.45, 7) is 1.84. The minimum atomic E-state index is -0.284. The largest absolute Gasteiger partial charge is 0.352 e. The highest BCUT2D eigenvalue weighted by atomic mass is 32.2. The molecule has 2 aliphatic rings. The Morgan fingerprint density at radius 2 is 2.00 bits per heavy atom. The molecule has 0 aromatic rings. The van der Waals surface area contributed by atoms with Crippen molar-refractivity contribution in [2.24, 2.45) is 5.73 Å². The lowest BCUT2D eigenvalue weighted by molar-refractivity contribution is -0.138. The fourth-order valence-electron chi connectivity index (χ4n) is 2.67. The molecule has 1 saturated heterocycles. The molecule has 2 fully saturated rings. The Hall–Kier alpha value is -0.750. The fourth-order valence-corrected chi connectivity index (χ4v) is 3.85. The van der Waals surface area contributed by atoms with Crippen LogP contribution >= 0.6 is 11.8 Å². The third-order valence-electron chi connectivity index (χ3n) is 3.93. The lowest BCUT2D eigenvalue weighted by atomic mass is 9.91. The number of carbonyl (C=O) groups is 2. The molecule has 0 aromatic heterocycles. The summed E-state index contributed by atoms with van der Waals surface area (Å²) in [6, 6.07) is 0.234. The van der Waals surface area contributed by atoms with E-state index in [1.165, 1.54) is 0 Å². The maximum atomic E-state index is 12.3. The number of amides is 2. The monoisotopic (exact) mass is 285 g/mol. The molecule has 108 valence electrons. The molecule has 0 spiro atoms. The maximum absolute atomic E-state index is 12.3. The van der Waals surface area contributed by atoms with Gasteiger partial charge in [-0.2, -0.15) is 0 Å². The third-order valence-corrected chi connectivity index (χ3v) is 4.94. The van der Waals surface area contributed by atoms with E-state index in [0.717, 1.165) is 25.7 Å². The van der Waals surface area contributed by atoms with Crippen LogP contribution in [0.1, 0.15) is 39.0 Å². The first-order valence-corrected chi connectivity index (χ1v) is 8.20. The first kappa shape index (κ1) is 14.7. The van der Waals surface area contributed by atoms with E-state index in [0.29, 0.717) is 18.1 Å². The predicted molar refractivity (Wildman–Crippen MR) is 76.6 cm³/mol. The van der Waals surface area contributed by atoms with Crippen molar-refractivity contribution in [2.75, 3.05) is 11.6 Å². The van der Waals surface area contributed by atoms with Crippen molar-refractivity contribution in [2.45, 2.75) is 57.2 Å². The van der Waals surface area contributed by atoms with Gasteiger partial charge in [0.25, 0.3) is 0 Å². The topological polar surface area (TPSA) is 75.4 Å². The molecule has 1 saturated carbocycles. The van der Waals surface area contributed by atoms with Crippen LogP contribution in [0.2, 0.25) is 0 Å². The number of hydrogen-bond donors (Lipinski definition) is 2. The van der Waals surface area contributed by atoms with Gasteiger partial charge in [0.2, 0.25) is 11.8 Å². The molecule has 3 N–H and O–H groups in total. The van der Waals surface area contributed by atoms with Crippen LogP contribution in [0, 0.1) is 0 Å². The van der Waals surface area contributed by atoms with Gasteiger partial charge in [-0.3, -0.25) is 9.59 Å². The second-order valence-corrected chi connectivity index (χ2v) is 6.35. The minimum Gasteiger partial charge on any atom is -0.352 e. The van der Waals surface area contributed by atoms with Gasteiger partial charge < -0.3 is 16.0 Å². The van der Waals surface area contributed by atoms with E-state index < -0.39 is 0 Å². The van der Waals surface area contributed by atoms with Crippen LogP contribution in [-0.2, 0) is 9.59 Å². The molecule has 2 amide bonds. The van der Waals surface area contributed by atoms with Gasteiger partial charge in [-0.15, -0.1) is 11.8 Å². The summed E-state index contributed by atoms with van der Waals surface area (Å²) >= 11 is 1.65. The molecule has 1 aliphatic carbocycles. The molecule has 0 radical (unpaired) electrons. The maximum Gasteiger partial charge on any atom is 0.243 e. The summed E-state index contributed by atoms with van der Waals surface area (Å²) in [5.41, 5.74) is 5.86. The van der Waals surface area contributed by atoms with Crippen molar-refractivity contribution >= 4 is 23.6 Å². The average molecular weight is 285 g/mol. The van der Waals surface area contributed by atoms with E-state index in [2.05, 4.69) is 5.32 Å². The second-order valence-electron chi connectivity index (χ2n) is 5.35. The SMILES string of the molecule is CCC(=O)N1CSCC1C(=O)NC1CCC(N)CC1. The van der Waals surface area contributed by atoms with Gasteiger partial charge in [-0.25, -0.2) is 0 Å². The molecule has 1 heterocycles. The summed E-state index contributed by atoms with van der Waals surface area (Å²) in [5.74, 6) is 1.42. The molecule has 19 heavy (non-hydrogen) atoms. The molecule has 5 nitrogen and oxygen atoms in total. The molecular formula is C13H23N3O2S. The number of hydrogen-bond acceptors (Lipinski definition) is 4. The van der Waals surface area contributed by atoms with E-state index in [-0.39, 0.29) is 29.9 Å². The van der Waals surface area contributed by atoms with Crippen molar-refractivity contribution in [3.8, 4) is 0 Å². The van der Waals surface area contributed by atoms with Gasteiger partial charge in [-0.05, 0) is 25.7 Å². The van der Waals surface area contributed by atoms with E-state index in [1.807, 2.05) is 6.92 Å². The standard InChI is InChI=1S/C13H23N3O2S/c1-2-12(17)16-8-19-7-11(16)13(18)15-10-5-3-9(14)4-6-10/h9-11H,2-8,14H2,1H3,(H,15,18). The Labute approximate surface area is 118 Å². The van der Waals surface area contributed by atoms with Gasteiger partial charge in [0.1, 0.15) is 6.04 Å². The minimum absolute atomic E-state index is 0.00673. The zero-order chi connectivity index (χ0) is 13.8. The quantitative estimate of drug-likeness (QED) is 0.800. The van der Waals surface area contributed by atoms with E-state index >= 15 is 0 Å². The van der Waals surface area contributed by atoms with Crippen LogP contribution in [0.5, 0.6) is 0 Å². The summed E-state index contributed by atoms with van der Waals surface area (Å²) < 4.78 is 0. The van der Waals surface area contributed by atoms with Crippen molar-refractivity contribution in [3.63, 3.8) is 0 Å². The van der Waals surface area contributed by atoms with Gasteiger partial charge in [0.05, 0.1) is 5.88 Å². The number of nitrogens with one attached hydrogen (secondary N) is 1. The molecule has 2 rings (SSSR count). The fraction of sp³-hybridized carbons (Fsp3) is 0.846. The highest BCUT2D eigenvalue weighted by Gasteiger charge is 2.34. The Kier molecular flexibility index (Phi) is 5.10. The van der Waals surface area contributed by atoms with Crippen molar-refractivity contribution in [1.82, 2.24) is 10.2 Å². The number of nitrogens with two attached hydrogens (primary N) is 1. The normalized spacial score (nSPS) is 31.3. The molecule has 6 heteroatoms. The zero-order valence-corrected chi connectivity index (χ0v) is 12.2. The summed E-state index contributed by atoms with van der Waals surface area (Å²) in [6.07, 6.45) is 4.32. The summed E-state index contributed by atoms with van der Waals surface area (Å²) in [7, 11) is 0. The first-order valence-electron chi connectivity index (χ1n) is 7.05. The highest BCUT2D eigenvalue weighted by Crippen LogP contribution is 2.23. The van der Waals surface area contributed by atoms with Crippen LogP contribution in [0.4, 0.5) is 0 Å². The van der Waals surface area contributed by atoms with Crippen LogP contribution in [0.25, 0.3) is 0 Å². The van der Waals surface area contributed by atoms with Gasteiger partial charge >= 0.3 is 0 Å². The molecular weight excluding hydrogens is 262 g/mol. The van der Waals surface area contributed by atoms with Crippen molar-refractivity contribution in [3.05, 3.63) is 0 Å². The number of carbonyl (C=O) groups excluding carboxylic acids is 2. The average Bonchev–Trinajstić information content (AvgIpc) is 2.90. The number of nitrogens with zero attached hydrogens (tertiary/aromatic N) is 1. The van der Waals surface area contributed by atoms with Gasteiger partial charge in [0.15, 0.2) is 0 Å². The first-order chi connectivity index (χ1) is 9.11. The van der Waals surface area contributed by atoms with Crippen molar-refractivity contribution in [1.29, 1.82) is 0 Å². The smallest absolute Gasteiger partial charge is 0.243 e. The Morgan fingerprint density at radius 1 is 1.32 bits per heavy atom. The second kappa shape index (κ2) is 6.61. The Bertz CT molecular complexity index is 343.